The van der Waals surface area contributed by atoms with E-state index in [1.807, 2.05) is 0 Å². The SMILES string of the molecule is C#CCNS(=O)(=O)c1ccc(C(=O)Nc2ccc3c(c2)OC2(CCCCC2)O3)cc1. The Morgan fingerprint density at radius 3 is 2.43 bits per heavy atom. The van der Waals surface area contributed by atoms with Crippen molar-refractivity contribution in [3.05, 3.63) is 48.0 Å². The summed E-state index contributed by atoms with van der Waals surface area (Å²) >= 11 is 0. The van der Waals surface area contributed by atoms with E-state index in [9.17, 15) is 13.2 Å². The highest BCUT2D eigenvalue weighted by atomic mass is 32.2. The maximum atomic E-state index is 12.6. The second-order valence-electron chi connectivity index (χ2n) is 7.34. The molecular weight excluding hydrogens is 404 g/mol. The second-order valence-corrected chi connectivity index (χ2v) is 9.11. The number of hydrogen-bond donors (Lipinski definition) is 2. The summed E-state index contributed by atoms with van der Waals surface area (Å²) in [5, 5.41) is 2.81. The van der Waals surface area contributed by atoms with Gasteiger partial charge in [-0.3, -0.25) is 4.79 Å². The monoisotopic (exact) mass is 426 g/mol. The maximum absolute atomic E-state index is 12.6. The van der Waals surface area contributed by atoms with Gasteiger partial charge in [0.15, 0.2) is 11.5 Å². The van der Waals surface area contributed by atoms with Crippen molar-refractivity contribution < 1.29 is 22.7 Å². The van der Waals surface area contributed by atoms with Gasteiger partial charge in [0.2, 0.25) is 10.0 Å². The molecular formula is C22H22N2O5S. The zero-order valence-corrected chi connectivity index (χ0v) is 17.1. The number of anilines is 1. The van der Waals surface area contributed by atoms with E-state index in [4.69, 9.17) is 15.9 Å². The topological polar surface area (TPSA) is 93.7 Å². The fraction of sp³-hybridized carbons (Fsp3) is 0.318. The minimum absolute atomic E-state index is 0.0372. The number of amides is 1. The Balaban J connectivity index is 1.44. The average molecular weight is 426 g/mol. The molecule has 7 nitrogen and oxygen atoms in total. The standard InChI is InChI=1S/C22H22N2O5S/c1-2-14-23-30(26,27)18-9-6-16(7-10-18)21(25)24-17-8-11-19-20(15-17)29-22(28-19)12-4-3-5-13-22/h1,6-11,15,23H,3-5,12-14H2,(H,24,25). The third kappa shape index (κ3) is 4.13. The summed E-state index contributed by atoms with van der Waals surface area (Å²) in [5.41, 5.74) is 0.898. The number of fused-ring (bicyclic) bond motifs is 1. The number of sulfonamides is 1. The number of rotatable bonds is 5. The lowest BCUT2D eigenvalue weighted by molar-refractivity contribution is -0.105. The Morgan fingerprint density at radius 2 is 1.73 bits per heavy atom. The third-order valence-electron chi connectivity index (χ3n) is 5.20. The molecule has 0 bridgehead atoms. The highest BCUT2D eigenvalue weighted by Crippen LogP contribution is 2.46. The molecule has 2 aromatic carbocycles. The van der Waals surface area contributed by atoms with E-state index in [2.05, 4.69) is 16.0 Å². The Kier molecular flexibility index (Phi) is 5.41. The summed E-state index contributed by atoms with van der Waals surface area (Å²) in [6, 6.07) is 10.9. The molecule has 1 fully saturated rings. The number of carbonyl (C=O) groups excluding carboxylic acids is 1. The first-order valence-electron chi connectivity index (χ1n) is 9.77. The number of benzene rings is 2. The molecule has 156 valence electrons. The molecule has 4 rings (SSSR count). The van der Waals surface area contributed by atoms with Gasteiger partial charge in [0.05, 0.1) is 11.4 Å². The summed E-state index contributed by atoms with van der Waals surface area (Å²) in [7, 11) is -3.70. The van der Waals surface area contributed by atoms with Crippen LogP contribution in [0.25, 0.3) is 0 Å². The molecule has 1 saturated carbocycles. The molecule has 0 aromatic heterocycles. The van der Waals surface area contributed by atoms with Gasteiger partial charge >= 0.3 is 0 Å². The van der Waals surface area contributed by atoms with E-state index in [1.165, 1.54) is 30.7 Å². The normalized spacial score (nSPS) is 16.8. The molecule has 1 aliphatic carbocycles. The zero-order chi connectivity index (χ0) is 21.2. The first-order chi connectivity index (χ1) is 14.4. The Hall–Kier alpha value is -3.02. The van der Waals surface area contributed by atoms with Crippen molar-refractivity contribution in [1.82, 2.24) is 4.72 Å². The molecule has 2 N–H and O–H groups in total. The predicted octanol–water partition coefficient (Wildman–Crippen LogP) is 3.28. The smallest absolute Gasteiger partial charge is 0.255 e. The molecule has 8 heteroatoms. The van der Waals surface area contributed by atoms with Gasteiger partial charge < -0.3 is 14.8 Å². The van der Waals surface area contributed by atoms with E-state index >= 15 is 0 Å². The van der Waals surface area contributed by atoms with Crippen LogP contribution in [-0.4, -0.2) is 26.7 Å². The molecule has 30 heavy (non-hydrogen) atoms. The molecule has 0 radical (unpaired) electrons. The van der Waals surface area contributed by atoms with Crippen LogP contribution < -0.4 is 19.5 Å². The van der Waals surface area contributed by atoms with Crippen molar-refractivity contribution in [3.63, 3.8) is 0 Å². The number of hydrogen-bond acceptors (Lipinski definition) is 5. The van der Waals surface area contributed by atoms with Gasteiger partial charge in [0.1, 0.15) is 0 Å². The van der Waals surface area contributed by atoms with Crippen molar-refractivity contribution in [2.45, 2.75) is 42.8 Å². The predicted molar refractivity (Wildman–Crippen MR) is 112 cm³/mol. The lowest BCUT2D eigenvalue weighted by Gasteiger charge is -2.31. The minimum Gasteiger partial charge on any atom is -0.448 e. The zero-order valence-electron chi connectivity index (χ0n) is 16.3. The summed E-state index contributed by atoms with van der Waals surface area (Å²) in [6.45, 7) is -0.101. The minimum atomic E-state index is -3.70. The van der Waals surface area contributed by atoms with E-state index < -0.39 is 15.8 Å². The van der Waals surface area contributed by atoms with Crippen molar-refractivity contribution in [3.8, 4) is 23.8 Å². The maximum Gasteiger partial charge on any atom is 0.255 e. The van der Waals surface area contributed by atoms with Crippen molar-refractivity contribution in [2.75, 3.05) is 11.9 Å². The summed E-state index contributed by atoms with van der Waals surface area (Å²) in [5.74, 6) is 2.59. The van der Waals surface area contributed by atoms with Crippen LogP contribution in [0.3, 0.4) is 0 Å². The Labute approximate surface area is 175 Å². The summed E-state index contributed by atoms with van der Waals surface area (Å²) in [6.07, 6.45) is 10.1. The fourth-order valence-corrected chi connectivity index (χ4v) is 4.61. The first-order valence-corrected chi connectivity index (χ1v) is 11.3. The van der Waals surface area contributed by atoms with Crippen LogP contribution >= 0.6 is 0 Å². The summed E-state index contributed by atoms with van der Waals surface area (Å²) < 4.78 is 38.5. The molecule has 1 spiro atoms. The molecule has 1 heterocycles. The van der Waals surface area contributed by atoms with Crippen LogP contribution in [0.15, 0.2) is 47.4 Å². The molecule has 1 aliphatic heterocycles. The van der Waals surface area contributed by atoms with Crippen molar-refractivity contribution in [1.29, 1.82) is 0 Å². The molecule has 0 saturated heterocycles. The van der Waals surface area contributed by atoms with Gasteiger partial charge in [0, 0.05) is 30.2 Å². The van der Waals surface area contributed by atoms with Gasteiger partial charge in [-0.05, 0) is 49.2 Å². The quantitative estimate of drug-likeness (QED) is 0.716. The molecule has 0 unspecified atom stereocenters. The van der Waals surface area contributed by atoms with E-state index in [-0.39, 0.29) is 17.3 Å². The van der Waals surface area contributed by atoms with Crippen molar-refractivity contribution in [2.24, 2.45) is 0 Å². The van der Waals surface area contributed by atoms with E-state index in [0.717, 1.165) is 25.7 Å². The van der Waals surface area contributed by atoms with Gasteiger partial charge in [-0.1, -0.05) is 12.3 Å². The Morgan fingerprint density at radius 1 is 1.03 bits per heavy atom. The molecule has 0 atom stereocenters. The lowest BCUT2D eigenvalue weighted by atomic mass is 9.94. The second kappa shape index (κ2) is 8.01. The van der Waals surface area contributed by atoms with Crippen LogP contribution in [0.5, 0.6) is 11.5 Å². The van der Waals surface area contributed by atoms with Gasteiger partial charge in [-0.2, -0.15) is 4.72 Å². The van der Waals surface area contributed by atoms with Gasteiger partial charge in [0.25, 0.3) is 11.7 Å². The molecule has 2 aromatic rings. The largest absolute Gasteiger partial charge is 0.448 e. The van der Waals surface area contributed by atoms with E-state index in [1.54, 1.807) is 18.2 Å². The number of nitrogens with one attached hydrogen (secondary N) is 2. The van der Waals surface area contributed by atoms with Gasteiger partial charge in [-0.15, -0.1) is 6.42 Å². The third-order valence-corrected chi connectivity index (χ3v) is 6.62. The number of terminal acetylenes is 1. The number of carbonyl (C=O) groups is 1. The Bertz CT molecular complexity index is 1100. The molecule has 1 amide bonds. The van der Waals surface area contributed by atoms with E-state index in [0.29, 0.717) is 22.7 Å². The highest BCUT2D eigenvalue weighted by Gasteiger charge is 2.42. The van der Waals surface area contributed by atoms with Crippen LogP contribution in [0.2, 0.25) is 0 Å². The van der Waals surface area contributed by atoms with Crippen LogP contribution in [0.4, 0.5) is 5.69 Å². The average Bonchev–Trinajstić information content (AvgIpc) is 3.09. The molecule has 2 aliphatic rings. The van der Waals surface area contributed by atoms with Crippen LogP contribution in [-0.2, 0) is 10.0 Å². The fourth-order valence-electron chi connectivity index (χ4n) is 3.67. The highest BCUT2D eigenvalue weighted by molar-refractivity contribution is 7.89. The summed E-state index contributed by atoms with van der Waals surface area (Å²) in [4.78, 5) is 12.6. The van der Waals surface area contributed by atoms with Crippen LogP contribution in [0.1, 0.15) is 42.5 Å². The first kappa shape index (κ1) is 20.3. The van der Waals surface area contributed by atoms with Gasteiger partial charge in [-0.25, -0.2) is 8.42 Å². The van der Waals surface area contributed by atoms with Crippen LogP contribution in [0, 0.1) is 12.3 Å². The van der Waals surface area contributed by atoms with Crippen molar-refractivity contribution >= 4 is 21.6 Å². The lowest BCUT2D eigenvalue weighted by Crippen LogP contribution is -2.40. The number of ether oxygens (including phenoxy) is 2.